The number of alkyl halides is 3. The molecule has 0 fully saturated rings. The third-order valence-electron chi connectivity index (χ3n) is 4.26. The van der Waals surface area contributed by atoms with Crippen LogP contribution in [0.2, 0.25) is 0 Å². The van der Waals surface area contributed by atoms with E-state index in [-0.39, 0.29) is 18.6 Å². The maximum Gasteiger partial charge on any atom is 0.449 e. The van der Waals surface area contributed by atoms with E-state index in [1.165, 1.54) is 10.6 Å². The summed E-state index contributed by atoms with van der Waals surface area (Å²) in [6.45, 7) is -0.374. The lowest BCUT2D eigenvalue weighted by atomic mass is 10.3. The van der Waals surface area contributed by atoms with Crippen LogP contribution in [0.5, 0.6) is 0 Å². The van der Waals surface area contributed by atoms with Crippen LogP contribution in [0.4, 0.5) is 13.2 Å². The normalized spacial score (nSPS) is 12.1. The van der Waals surface area contributed by atoms with Crippen molar-refractivity contribution < 1.29 is 18.0 Å². The highest BCUT2D eigenvalue weighted by molar-refractivity contribution is 5.80. The van der Waals surface area contributed by atoms with E-state index < -0.39 is 17.9 Å². The second kappa shape index (κ2) is 6.11. The molecule has 2 aromatic heterocycles. The summed E-state index contributed by atoms with van der Waals surface area (Å²) in [5.74, 6) is -1.32. The summed E-state index contributed by atoms with van der Waals surface area (Å²) in [5, 5.41) is 0. The van der Waals surface area contributed by atoms with Gasteiger partial charge < -0.3 is 14.9 Å². The highest BCUT2D eigenvalue weighted by atomic mass is 19.4. The summed E-state index contributed by atoms with van der Waals surface area (Å²) in [7, 11) is 0. The van der Waals surface area contributed by atoms with Gasteiger partial charge in [-0.1, -0.05) is 24.3 Å². The molecule has 0 bridgehead atoms. The molecule has 0 aliphatic carbocycles. The molecule has 4 rings (SSSR count). The van der Waals surface area contributed by atoms with Gasteiger partial charge in [-0.3, -0.25) is 4.79 Å². The number of para-hydroxylation sites is 4. The number of fused-ring (bicyclic) bond motifs is 2. The average Bonchev–Trinajstić information content (AvgIpc) is 3.14. The molecule has 0 spiro atoms. The first kappa shape index (κ1) is 17.1. The van der Waals surface area contributed by atoms with Crippen molar-refractivity contribution in [3.05, 3.63) is 60.2 Å². The Morgan fingerprint density at radius 1 is 0.926 bits per heavy atom. The molecule has 2 aromatic carbocycles. The van der Waals surface area contributed by atoms with Crippen molar-refractivity contribution in [3.63, 3.8) is 0 Å². The van der Waals surface area contributed by atoms with Crippen LogP contribution in [0.1, 0.15) is 11.6 Å². The molecule has 138 valence electrons. The highest BCUT2D eigenvalue weighted by Gasteiger charge is 2.38. The van der Waals surface area contributed by atoms with Crippen molar-refractivity contribution in [2.24, 2.45) is 5.73 Å². The Hall–Kier alpha value is -3.36. The molecular weight excluding hydrogens is 359 g/mol. The van der Waals surface area contributed by atoms with Gasteiger partial charge in [0.2, 0.25) is 11.7 Å². The van der Waals surface area contributed by atoms with Gasteiger partial charge in [-0.05, 0) is 24.3 Å². The number of primary amides is 1. The summed E-state index contributed by atoms with van der Waals surface area (Å²) < 4.78 is 43.2. The number of rotatable bonds is 4. The van der Waals surface area contributed by atoms with E-state index in [4.69, 9.17) is 5.73 Å². The zero-order valence-corrected chi connectivity index (χ0v) is 13.9. The van der Waals surface area contributed by atoms with Gasteiger partial charge in [-0.15, -0.1) is 0 Å². The summed E-state index contributed by atoms with van der Waals surface area (Å²) >= 11 is 0. The van der Waals surface area contributed by atoms with Crippen molar-refractivity contribution in [2.45, 2.75) is 19.3 Å². The number of nitrogens with zero attached hydrogens (tertiary/aromatic N) is 4. The number of carbonyl (C=O) groups excluding carboxylic acids is 1. The molecule has 0 aliphatic rings. The predicted octanol–water partition coefficient (Wildman–Crippen LogP) is 2.94. The number of amides is 1. The van der Waals surface area contributed by atoms with Crippen molar-refractivity contribution in [1.82, 2.24) is 19.1 Å². The van der Waals surface area contributed by atoms with Gasteiger partial charge in [0, 0.05) is 0 Å². The lowest BCUT2D eigenvalue weighted by Crippen LogP contribution is -2.22. The Morgan fingerprint density at radius 3 is 2.07 bits per heavy atom. The van der Waals surface area contributed by atoms with Gasteiger partial charge in [0.25, 0.3) is 0 Å². The van der Waals surface area contributed by atoms with Crippen LogP contribution in [-0.4, -0.2) is 25.0 Å². The number of benzene rings is 2. The van der Waals surface area contributed by atoms with E-state index >= 15 is 0 Å². The van der Waals surface area contributed by atoms with E-state index in [1.807, 2.05) is 0 Å². The Labute approximate surface area is 151 Å². The summed E-state index contributed by atoms with van der Waals surface area (Å²) in [5.41, 5.74) is 7.10. The molecule has 9 heteroatoms. The molecule has 0 saturated carbocycles. The van der Waals surface area contributed by atoms with Crippen molar-refractivity contribution in [3.8, 4) is 0 Å². The Bertz CT molecular complexity index is 1160. The van der Waals surface area contributed by atoms with Crippen LogP contribution in [0.3, 0.4) is 0 Å². The van der Waals surface area contributed by atoms with Gasteiger partial charge >= 0.3 is 6.18 Å². The molecule has 0 atom stereocenters. The fourth-order valence-corrected chi connectivity index (χ4v) is 3.17. The number of hydrogen-bond donors (Lipinski definition) is 1. The van der Waals surface area contributed by atoms with E-state index in [9.17, 15) is 18.0 Å². The summed E-state index contributed by atoms with van der Waals surface area (Å²) in [6.07, 6.45) is -4.63. The lowest BCUT2D eigenvalue weighted by Gasteiger charge is -2.12. The van der Waals surface area contributed by atoms with Crippen LogP contribution in [-0.2, 0) is 24.1 Å². The number of nitrogens with two attached hydrogens (primary N) is 1. The van der Waals surface area contributed by atoms with Crippen LogP contribution in [0.25, 0.3) is 22.1 Å². The Morgan fingerprint density at radius 2 is 1.48 bits per heavy atom. The minimum absolute atomic E-state index is 0.177. The number of carbonyl (C=O) groups is 1. The topological polar surface area (TPSA) is 78.7 Å². The summed E-state index contributed by atoms with van der Waals surface area (Å²) in [6, 6.07) is 13.4. The highest BCUT2D eigenvalue weighted by Crippen LogP contribution is 2.32. The average molecular weight is 373 g/mol. The minimum atomic E-state index is -4.63. The predicted molar refractivity (Wildman–Crippen MR) is 92.8 cm³/mol. The molecule has 1 amide bonds. The number of aromatic nitrogens is 4. The second-order valence-corrected chi connectivity index (χ2v) is 6.08. The van der Waals surface area contributed by atoms with Gasteiger partial charge in [0.15, 0.2) is 0 Å². The van der Waals surface area contributed by atoms with Gasteiger partial charge in [-0.2, -0.15) is 13.2 Å². The molecule has 0 aliphatic heterocycles. The quantitative estimate of drug-likeness (QED) is 0.597. The van der Waals surface area contributed by atoms with Crippen LogP contribution in [0.15, 0.2) is 48.5 Å². The molecule has 0 saturated heterocycles. The molecule has 2 heterocycles. The largest absolute Gasteiger partial charge is 0.449 e. The van der Waals surface area contributed by atoms with E-state index in [0.29, 0.717) is 22.4 Å². The molecule has 2 N–H and O–H groups in total. The molecule has 4 aromatic rings. The molecular formula is C18H14F3N5O. The van der Waals surface area contributed by atoms with Crippen molar-refractivity contribution in [2.75, 3.05) is 0 Å². The molecule has 27 heavy (non-hydrogen) atoms. The number of hydrogen-bond acceptors (Lipinski definition) is 3. The maximum absolute atomic E-state index is 13.5. The fraction of sp³-hybridized carbons (Fsp3) is 0.167. The van der Waals surface area contributed by atoms with Crippen molar-refractivity contribution >= 4 is 28.0 Å². The zero-order valence-electron chi connectivity index (χ0n) is 13.9. The van der Waals surface area contributed by atoms with Gasteiger partial charge in [-0.25, -0.2) is 9.97 Å². The third-order valence-corrected chi connectivity index (χ3v) is 4.26. The smallest absolute Gasteiger partial charge is 0.368 e. The fourth-order valence-electron chi connectivity index (χ4n) is 3.17. The first-order valence-corrected chi connectivity index (χ1v) is 8.09. The van der Waals surface area contributed by atoms with E-state index in [2.05, 4.69) is 9.97 Å². The third kappa shape index (κ3) is 3.01. The van der Waals surface area contributed by atoms with E-state index in [0.717, 1.165) is 4.57 Å². The van der Waals surface area contributed by atoms with Crippen LogP contribution < -0.4 is 5.73 Å². The number of halogens is 3. The van der Waals surface area contributed by atoms with Crippen LogP contribution in [0, 0.1) is 0 Å². The molecule has 0 radical (unpaired) electrons. The Kier molecular flexibility index (Phi) is 3.87. The minimum Gasteiger partial charge on any atom is -0.368 e. The lowest BCUT2D eigenvalue weighted by molar-refractivity contribution is -0.146. The van der Waals surface area contributed by atoms with Crippen LogP contribution >= 0.6 is 0 Å². The Balaban J connectivity index is 1.91. The first-order valence-electron chi connectivity index (χ1n) is 8.09. The summed E-state index contributed by atoms with van der Waals surface area (Å²) in [4.78, 5) is 19.6. The first-order chi connectivity index (χ1) is 12.8. The van der Waals surface area contributed by atoms with E-state index in [1.54, 1.807) is 42.5 Å². The molecule has 6 nitrogen and oxygen atoms in total. The van der Waals surface area contributed by atoms with Gasteiger partial charge in [0.1, 0.15) is 12.4 Å². The zero-order chi connectivity index (χ0) is 19.2. The SMILES string of the molecule is NC(=O)Cn1c(Cn2c(C(F)(F)F)nc3ccccc32)nc2ccccc21. The second-order valence-electron chi connectivity index (χ2n) is 6.08. The number of imidazole rings is 2. The maximum atomic E-state index is 13.5. The molecule has 0 unspecified atom stereocenters. The van der Waals surface area contributed by atoms with Crippen molar-refractivity contribution in [1.29, 1.82) is 0 Å². The standard InChI is InChI=1S/C18H14F3N5O/c19-18(20,21)17-24-12-6-2-4-8-14(12)26(17)10-16-23-11-5-1-3-7-13(11)25(16)9-15(22)27/h1-8H,9-10H2,(H2,22,27). The van der Waals surface area contributed by atoms with Gasteiger partial charge in [0.05, 0.1) is 28.6 Å². The monoisotopic (exact) mass is 373 g/mol.